The van der Waals surface area contributed by atoms with Gasteiger partial charge in [-0.15, -0.1) is 0 Å². The molecule has 0 aromatic heterocycles. The summed E-state index contributed by atoms with van der Waals surface area (Å²) in [6, 6.07) is 50.2. The Bertz CT molecular complexity index is 1320. The summed E-state index contributed by atoms with van der Waals surface area (Å²) < 4.78 is 0. The molecule has 0 bridgehead atoms. The topological polar surface area (TPSA) is 3.24 Å². The first-order chi connectivity index (χ1) is 15.9. The quantitative estimate of drug-likeness (QED) is 0.294. The second-order valence-electron chi connectivity index (χ2n) is 8.18. The van der Waals surface area contributed by atoms with E-state index in [2.05, 4.69) is 144 Å². The molecule has 0 amide bonds. The number of hydrogen-bond donors (Lipinski definition) is 0. The average molecular weight is 410 g/mol. The summed E-state index contributed by atoms with van der Waals surface area (Å²) in [6.07, 6.45) is 0. The van der Waals surface area contributed by atoms with E-state index in [9.17, 15) is 0 Å². The molecule has 32 heavy (non-hydrogen) atoms. The monoisotopic (exact) mass is 409 g/mol. The molecule has 1 aliphatic rings. The van der Waals surface area contributed by atoms with Crippen molar-refractivity contribution < 1.29 is 0 Å². The minimum Gasteiger partial charge on any atom is -0.322 e. The average Bonchev–Trinajstić information content (AvgIpc) is 2.89. The second-order valence-corrected chi connectivity index (χ2v) is 8.18. The van der Waals surface area contributed by atoms with Crippen LogP contribution in [0, 0.1) is 0 Å². The van der Waals surface area contributed by atoms with Crippen LogP contribution in [0.2, 0.25) is 0 Å². The molecule has 152 valence electrons. The number of benzene rings is 5. The van der Waals surface area contributed by atoms with Gasteiger partial charge in [0.15, 0.2) is 0 Å². The predicted octanol–water partition coefficient (Wildman–Crippen LogP) is 7.80. The SMILES string of the molecule is c1ccc(N2c3ccccc3-c3ccccc3C2(c2ccccc2)c2ccccc2)cc1. The summed E-state index contributed by atoms with van der Waals surface area (Å²) in [4.78, 5) is 2.52. The van der Waals surface area contributed by atoms with Crippen molar-refractivity contribution in [2.24, 2.45) is 0 Å². The fourth-order valence-electron chi connectivity index (χ4n) is 5.24. The zero-order valence-corrected chi connectivity index (χ0v) is 17.7. The van der Waals surface area contributed by atoms with Crippen LogP contribution in [-0.2, 0) is 5.54 Å². The summed E-state index contributed by atoms with van der Waals surface area (Å²) in [5, 5.41) is 0. The maximum Gasteiger partial charge on any atom is 0.121 e. The van der Waals surface area contributed by atoms with E-state index in [1.165, 1.54) is 39.2 Å². The van der Waals surface area contributed by atoms with Crippen LogP contribution >= 0.6 is 0 Å². The molecular formula is C31H23N. The van der Waals surface area contributed by atoms with Gasteiger partial charge in [0, 0.05) is 11.3 Å². The zero-order valence-electron chi connectivity index (χ0n) is 17.7. The molecule has 0 saturated carbocycles. The lowest BCUT2D eigenvalue weighted by Crippen LogP contribution is -2.48. The van der Waals surface area contributed by atoms with Gasteiger partial charge >= 0.3 is 0 Å². The van der Waals surface area contributed by atoms with Gasteiger partial charge in [0.25, 0.3) is 0 Å². The minimum absolute atomic E-state index is 0.505. The Hall–Kier alpha value is -4.10. The van der Waals surface area contributed by atoms with Crippen molar-refractivity contribution >= 4 is 11.4 Å². The van der Waals surface area contributed by atoms with Crippen LogP contribution < -0.4 is 4.90 Å². The van der Waals surface area contributed by atoms with Crippen molar-refractivity contribution in [1.29, 1.82) is 0 Å². The second kappa shape index (κ2) is 7.55. The molecule has 0 spiro atoms. The lowest BCUT2D eigenvalue weighted by Gasteiger charge is -2.51. The molecule has 1 heterocycles. The fraction of sp³-hybridized carbons (Fsp3) is 0.0323. The van der Waals surface area contributed by atoms with Crippen molar-refractivity contribution in [3.8, 4) is 11.1 Å². The molecule has 1 nitrogen and oxygen atoms in total. The van der Waals surface area contributed by atoms with Crippen LogP contribution in [-0.4, -0.2) is 0 Å². The Morgan fingerprint density at radius 1 is 0.406 bits per heavy atom. The Morgan fingerprint density at radius 2 is 0.875 bits per heavy atom. The number of anilines is 2. The third-order valence-corrected chi connectivity index (χ3v) is 6.48. The Morgan fingerprint density at radius 3 is 1.50 bits per heavy atom. The van der Waals surface area contributed by atoms with E-state index < -0.39 is 5.54 Å². The van der Waals surface area contributed by atoms with E-state index in [4.69, 9.17) is 0 Å². The van der Waals surface area contributed by atoms with Crippen LogP contribution in [0.1, 0.15) is 16.7 Å². The maximum atomic E-state index is 2.52. The first kappa shape index (κ1) is 18.7. The number of para-hydroxylation sites is 2. The van der Waals surface area contributed by atoms with E-state index in [0.717, 1.165) is 0 Å². The fourth-order valence-corrected chi connectivity index (χ4v) is 5.24. The number of rotatable bonds is 3. The molecule has 5 aromatic rings. The number of nitrogens with zero attached hydrogens (tertiary/aromatic N) is 1. The van der Waals surface area contributed by atoms with Crippen LogP contribution in [0.25, 0.3) is 11.1 Å². The van der Waals surface area contributed by atoms with Crippen LogP contribution in [0.4, 0.5) is 11.4 Å². The molecule has 5 aromatic carbocycles. The third-order valence-electron chi connectivity index (χ3n) is 6.48. The van der Waals surface area contributed by atoms with Gasteiger partial charge in [0.05, 0.1) is 5.69 Å². The summed E-state index contributed by atoms with van der Waals surface area (Å²) in [7, 11) is 0. The summed E-state index contributed by atoms with van der Waals surface area (Å²) >= 11 is 0. The van der Waals surface area contributed by atoms with Crippen molar-refractivity contribution in [2.75, 3.05) is 4.90 Å². The summed E-state index contributed by atoms with van der Waals surface area (Å²) in [6.45, 7) is 0. The van der Waals surface area contributed by atoms with Crippen molar-refractivity contribution in [3.63, 3.8) is 0 Å². The normalized spacial score (nSPS) is 13.8. The Balaban J connectivity index is 1.83. The molecule has 0 atom stereocenters. The molecule has 0 aliphatic carbocycles. The molecule has 0 fully saturated rings. The molecule has 0 unspecified atom stereocenters. The smallest absolute Gasteiger partial charge is 0.121 e. The zero-order chi connectivity index (χ0) is 21.4. The summed E-state index contributed by atoms with van der Waals surface area (Å²) in [5.41, 5.74) is 8.20. The van der Waals surface area contributed by atoms with Crippen LogP contribution in [0.15, 0.2) is 140 Å². The van der Waals surface area contributed by atoms with Gasteiger partial charge in [0.2, 0.25) is 0 Å². The van der Waals surface area contributed by atoms with Gasteiger partial charge in [-0.25, -0.2) is 0 Å². The standard InChI is InChI=1S/C31H23N/c1-4-14-24(15-5-1)31(25-16-6-2-7-17-25)29-22-12-10-20-27(29)28-21-11-13-23-30(28)32(31)26-18-8-3-9-19-26/h1-23H. The Kier molecular flexibility index (Phi) is 4.40. The van der Waals surface area contributed by atoms with Crippen molar-refractivity contribution in [1.82, 2.24) is 0 Å². The molecule has 0 radical (unpaired) electrons. The highest BCUT2D eigenvalue weighted by Crippen LogP contribution is 2.56. The molecule has 1 aliphatic heterocycles. The molecule has 6 rings (SSSR count). The van der Waals surface area contributed by atoms with Gasteiger partial charge in [-0.3, -0.25) is 0 Å². The van der Waals surface area contributed by atoms with Gasteiger partial charge in [0.1, 0.15) is 5.54 Å². The van der Waals surface area contributed by atoms with E-state index in [1.54, 1.807) is 0 Å². The van der Waals surface area contributed by atoms with Gasteiger partial charge in [-0.05, 0) is 40.5 Å². The minimum atomic E-state index is -0.505. The number of hydrogen-bond acceptors (Lipinski definition) is 1. The van der Waals surface area contributed by atoms with Crippen molar-refractivity contribution in [2.45, 2.75) is 5.54 Å². The van der Waals surface area contributed by atoms with Crippen LogP contribution in [0.3, 0.4) is 0 Å². The predicted molar refractivity (Wildman–Crippen MR) is 133 cm³/mol. The molecule has 0 saturated heterocycles. The largest absolute Gasteiger partial charge is 0.322 e. The lowest BCUT2D eigenvalue weighted by molar-refractivity contribution is 0.622. The van der Waals surface area contributed by atoms with E-state index in [1.807, 2.05) is 0 Å². The highest BCUT2D eigenvalue weighted by Gasteiger charge is 2.47. The lowest BCUT2D eigenvalue weighted by atomic mass is 9.70. The Labute approximate surface area is 189 Å². The highest BCUT2D eigenvalue weighted by molar-refractivity contribution is 5.92. The summed E-state index contributed by atoms with van der Waals surface area (Å²) in [5.74, 6) is 0. The molecular weight excluding hydrogens is 386 g/mol. The first-order valence-corrected chi connectivity index (χ1v) is 11.1. The highest BCUT2D eigenvalue weighted by atomic mass is 15.2. The number of fused-ring (bicyclic) bond motifs is 3. The van der Waals surface area contributed by atoms with Crippen molar-refractivity contribution in [3.05, 3.63) is 156 Å². The first-order valence-electron chi connectivity index (χ1n) is 11.1. The van der Waals surface area contributed by atoms with Gasteiger partial charge < -0.3 is 4.90 Å². The van der Waals surface area contributed by atoms with Gasteiger partial charge in [-0.2, -0.15) is 0 Å². The molecule has 0 N–H and O–H groups in total. The third kappa shape index (κ3) is 2.65. The van der Waals surface area contributed by atoms with E-state index in [0.29, 0.717) is 0 Å². The van der Waals surface area contributed by atoms with Crippen LogP contribution in [0.5, 0.6) is 0 Å². The molecule has 1 heteroatoms. The van der Waals surface area contributed by atoms with Gasteiger partial charge in [-0.1, -0.05) is 121 Å². The maximum absolute atomic E-state index is 2.52. The van der Waals surface area contributed by atoms with E-state index in [-0.39, 0.29) is 0 Å². The van der Waals surface area contributed by atoms with E-state index >= 15 is 0 Å².